The fourth-order valence-corrected chi connectivity index (χ4v) is 1.65. The third-order valence-electron chi connectivity index (χ3n) is 2.34. The smallest absolute Gasteiger partial charge is 0.126 e. The molecule has 0 amide bonds. The second-order valence-electron chi connectivity index (χ2n) is 3.10. The zero-order valence-electron chi connectivity index (χ0n) is 6.50. The van der Waals surface area contributed by atoms with Crippen LogP contribution in [0.1, 0.15) is 17.2 Å². The van der Waals surface area contributed by atoms with Crippen LogP contribution in [0.3, 0.4) is 0 Å². The molecule has 2 atom stereocenters. The summed E-state index contributed by atoms with van der Waals surface area (Å²) in [4.78, 5) is 0. The van der Waals surface area contributed by atoms with Gasteiger partial charge in [0.2, 0.25) is 0 Å². The van der Waals surface area contributed by atoms with Crippen LogP contribution in [0.2, 0.25) is 0 Å². The molecule has 1 aliphatic rings. The molecule has 12 heavy (non-hydrogen) atoms. The maximum atomic E-state index is 13.1. The number of hydrogen-bond acceptors (Lipinski definition) is 2. The number of rotatable bonds is 0. The molecule has 0 bridgehead atoms. The fourth-order valence-electron chi connectivity index (χ4n) is 1.65. The molecular formula is C9H10FNO. The molecule has 0 heterocycles. The van der Waals surface area contributed by atoms with Gasteiger partial charge in [-0.1, -0.05) is 12.1 Å². The van der Waals surface area contributed by atoms with Crippen molar-refractivity contribution in [3.8, 4) is 0 Å². The zero-order chi connectivity index (χ0) is 8.72. The lowest BCUT2D eigenvalue weighted by atomic mass is 10.1. The summed E-state index contributed by atoms with van der Waals surface area (Å²) in [5.41, 5.74) is 6.95. The molecule has 0 fully saturated rings. The first-order valence-electron chi connectivity index (χ1n) is 3.91. The molecule has 1 aromatic rings. The number of benzene rings is 1. The van der Waals surface area contributed by atoms with E-state index in [9.17, 15) is 9.50 Å². The molecular weight excluding hydrogens is 157 g/mol. The molecule has 0 saturated carbocycles. The Kier molecular flexibility index (Phi) is 1.63. The Morgan fingerprint density at radius 3 is 2.92 bits per heavy atom. The molecule has 1 aromatic carbocycles. The van der Waals surface area contributed by atoms with Gasteiger partial charge in [-0.3, -0.25) is 0 Å². The number of fused-ring (bicyclic) bond motifs is 1. The molecule has 0 spiro atoms. The predicted octanol–water partition coefficient (Wildman–Crippen LogP) is 0.743. The normalized spacial score (nSPS) is 27.2. The molecule has 3 N–H and O–H groups in total. The summed E-state index contributed by atoms with van der Waals surface area (Å²) in [5.74, 6) is -0.264. The van der Waals surface area contributed by atoms with Crippen LogP contribution in [-0.2, 0) is 6.42 Å². The van der Waals surface area contributed by atoms with E-state index in [-0.39, 0.29) is 5.82 Å². The molecule has 0 unspecified atom stereocenters. The monoisotopic (exact) mass is 167 g/mol. The summed E-state index contributed by atoms with van der Waals surface area (Å²) in [5, 5.41) is 9.35. The molecule has 1 aliphatic carbocycles. The highest BCUT2D eigenvalue weighted by molar-refractivity contribution is 5.37. The van der Waals surface area contributed by atoms with Crippen LogP contribution < -0.4 is 5.73 Å². The Balaban J connectivity index is 2.53. The molecule has 2 nitrogen and oxygen atoms in total. The van der Waals surface area contributed by atoms with E-state index in [1.807, 2.05) is 0 Å². The molecule has 64 valence electrons. The lowest BCUT2D eigenvalue weighted by molar-refractivity contribution is 0.158. The van der Waals surface area contributed by atoms with E-state index in [0.29, 0.717) is 12.0 Å². The van der Waals surface area contributed by atoms with Crippen molar-refractivity contribution in [1.82, 2.24) is 0 Å². The van der Waals surface area contributed by atoms with Crippen LogP contribution in [0.4, 0.5) is 4.39 Å². The quantitative estimate of drug-likeness (QED) is 0.598. The van der Waals surface area contributed by atoms with Crippen molar-refractivity contribution in [2.75, 3.05) is 0 Å². The average Bonchev–Trinajstić information content (AvgIpc) is 2.32. The molecule has 0 saturated heterocycles. The second kappa shape index (κ2) is 2.54. The molecule has 0 radical (unpaired) electrons. The molecule has 0 aliphatic heterocycles. The Labute approximate surface area is 69.8 Å². The van der Waals surface area contributed by atoms with E-state index in [2.05, 4.69) is 0 Å². The molecule has 2 rings (SSSR count). The largest absolute Gasteiger partial charge is 0.391 e. The van der Waals surface area contributed by atoms with Gasteiger partial charge in [-0.15, -0.1) is 0 Å². The number of hydrogen-bond donors (Lipinski definition) is 2. The predicted molar refractivity (Wildman–Crippen MR) is 43.0 cm³/mol. The van der Waals surface area contributed by atoms with Crippen LogP contribution in [0.15, 0.2) is 18.2 Å². The summed E-state index contributed by atoms with van der Waals surface area (Å²) < 4.78 is 13.1. The fraction of sp³-hybridized carbons (Fsp3) is 0.333. The highest BCUT2D eigenvalue weighted by Gasteiger charge is 2.29. The Morgan fingerprint density at radius 1 is 1.50 bits per heavy atom. The molecule has 0 aromatic heterocycles. The van der Waals surface area contributed by atoms with E-state index < -0.39 is 12.1 Å². The lowest BCUT2D eigenvalue weighted by Crippen LogP contribution is -2.21. The highest BCUT2D eigenvalue weighted by atomic mass is 19.1. The number of halogens is 1. The summed E-state index contributed by atoms with van der Waals surface area (Å²) in [6.45, 7) is 0. The highest BCUT2D eigenvalue weighted by Crippen LogP contribution is 2.30. The van der Waals surface area contributed by atoms with E-state index in [4.69, 9.17) is 5.73 Å². The Morgan fingerprint density at radius 2 is 2.25 bits per heavy atom. The third kappa shape index (κ3) is 0.940. The number of aliphatic hydroxyl groups excluding tert-OH is 1. The summed E-state index contributed by atoms with van der Waals surface area (Å²) in [7, 11) is 0. The van der Waals surface area contributed by atoms with Gasteiger partial charge in [0.05, 0.1) is 12.1 Å². The van der Waals surface area contributed by atoms with Crippen LogP contribution in [0.5, 0.6) is 0 Å². The minimum atomic E-state index is -0.628. The lowest BCUT2D eigenvalue weighted by Gasteiger charge is -2.07. The van der Waals surface area contributed by atoms with E-state index >= 15 is 0 Å². The Hall–Kier alpha value is -0.930. The van der Waals surface area contributed by atoms with Crippen LogP contribution in [0, 0.1) is 5.82 Å². The van der Waals surface area contributed by atoms with Crippen molar-refractivity contribution in [1.29, 1.82) is 0 Å². The van der Waals surface area contributed by atoms with Crippen molar-refractivity contribution < 1.29 is 9.50 Å². The first-order chi connectivity index (χ1) is 5.70. The van der Waals surface area contributed by atoms with E-state index in [1.165, 1.54) is 6.07 Å². The van der Waals surface area contributed by atoms with Crippen LogP contribution in [-0.4, -0.2) is 11.2 Å². The number of aliphatic hydroxyl groups is 1. The maximum absolute atomic E-state index is 13.1. The van der Waals surface area contributed by atoms with E-state index in [1.54, 1.807) is 12.1 Å². The van der Waals surface area contributed by atoms with Gasteiger partial charge in [-0.05, 0) is 17.2 Å². The van der Waals surface area contributed by atoms with E-state index in [0.717, 1.165) is 5.56 Å². The summed E-state index contributed by atoms with van der Waals surface area (Å²) in [6, 6.07) is 4.35. The average molecular weight is 167 g/mol. The minimum Gasteiger partial charge on any atom is -0.391 e. The van der Waals surface area contributed by atoms with Gasteiger partial charge in [0.25, 0.3) is 0 Å². The van der Waals surface area contributed by atoms with Gasteiger partial charge in [-0.2, -0.15) is 0 Å². The number of nitrogens with two attached hydrogens (primary N) is 1. The first kappa shape index (κ1) is 7.71. The zero-order valence-corrected chi connectivity index (χ0v) is 6.50. The van der Waals surface area contributed by atoms with Gasteiger partial charge in [0.15, 0.2) is 0 Å². The minimum absolute atomic E-state index is 0.264. The van der Waals surface area contributed by atoms with Crippen molar-refractivity contribution >= 4 is 0 Å². The SMILES string of the molecule is N[C@H]1c2cccc(F)c2C[C@@H]1O. The van der Waals surface area contributed by atoms with Gasteiger partial charge in [0.1, 0.15) is 5.82 Å². The Bertz CT molecular complexity index is 313. The maximum Gasteiger partial charge on any atom is 0.126 e. The van der Waals surface area contributed by atoms with Gasteiger partial charge in [0, 0.05) is 6.42 Å². The third-order valence-corrected chi connectivity index (χ3v) is 2.34. The topological polar surface area (TPSA) is 46.2 Å². The van der Waals surface area contributed by atoms with Gasteiger partial charge in [-0.25, -0.2) is 4.39 Å². The summed E-state index contributed by atoms with van der Waals surface area (Å²) >= 11 is 0. The summed E-state index contributed by atoms with van der Waals surface area (Å²) in [6.07, 6.45) is -0.291. The van der Waals surface area contributed by atoms with Crippen molar-refractivity contribution in [3.05, 3.63) is 35.1 Å². The van der Waals surface area contributed by atoms with Crippen LogP contribution >= 0.6 is 0 Å². The second-order valence-corrected chi connectivity index (χ2v) is 3.10. The van der Waals surface area contributed by atoms with Crippen LogP contribution in [0.25, 0.3) is 0 Å². The van der Waals surface area contributed by atoms with Crippen molar-refractivity contribution in [2.24, 2.45) is 5.73 Å². The van der Waals surface area contributed by atoms with Crippen molar-refractivity contribution in [3.63, 3.8) is 0 Å². The molecule has 3 heteroatoms. The van der Waals surface area contributed by atoms with Gasteiger partial charge < -0.3 is 10.8 Å². The van der Waals surface area contributed by atoms with Gasteiger partial charge >= 0.3 is 0 Å². The van der Waals surface area contributed by atoms with Crippen molar-refractivity contribution in [2.45, 2.75) is 18.6 Å². The first-order valence-corrected chi connectivity index (χ1v) is 3.91. The standard InChI is InChI=1S/C9H10FNO/c10-7-3-1-2-5-6(7)4-8(12)9(5)11/h1-3,8-9,12H,4,11H2/t8-,9-/m0/s1.